The van der Waals surface area contributed by atoms with Gasteiger partial charge >= 0.3 is 0 Å². The number of aromatic nitrogens is 2. The van der Waals surface area contributed by atoms with Crippen LogP contribution < -0.4 is 10.3 Å². The molecule has 108 valence electrons. The van der Waals surface area contributed by atoms with Crippen molar-refractivity contribution >= 4 is 32.2 Å². The van der Waals surface area contributed by atoms with Crippen LogP contribution in [0.3, 0.4) is 0 Å². The molecule has 0 aliphatic rings. The van der Waals surface area contributed by atoms with Crippen molar-refractivity contribution in [3.05, 3.63) is 61.7 Å². The van der Waals surface area contributed by atoms with E-state index in [1.807, 2.05) is 12.3 Å². The maximum absolute atomic E-state index is 13.6. The number of ether oxygens (including phenoxy) is 1. The summed E-state index contributed by atoms with van der Waals surface area (Å²) in [5.74, 6) is -0.336. The second-order valence-electron chi connectivity index (χ2n) is 4.44. The Morgan fingerprint density at radius 1 is 1.43 bits per heavy atom. The van der Waals surface area contributed by atoms with Gasteiger partial charge in [0, 0.05) is 21.6 Å². The molecule has 0 N–H and O–H groups in total. The first-order valence-corrected chi connectivity index (χ1v) is 7.76. The maximum Gasteiger partial charge on any atom is 0.259 e. The number of rotatable bonds is 3. The van der Waals surface area contributed by atoms with Gasteiger partial charge in [0.05, 0.1) is 5.69 Å². The van der Waals surface area contributed by atoms with E-state index in [2.05, 4.69) is 20.9 Å². The summed E-state index contributed by atoms with van der Waals surface area (Å²) in [5.41, 5.74) is 1.16. The number of halogens is 2. The minimum absolute atomic E-state index is 0.0429. The topological polar surface area (TPSA) is 43.6 Å². The highest BCUT2D eigenvalue weighted by atomic mass is 79.9. The largest absolute Gasteiger partial charge is 0.484 e. The number of aryl methyl sites for hydroxylation is 1. The third-order valence-electron chi connectivity index (χ3n) is 2.90. The third-order valence-corrected chi connectivity index (χ3v) is 4.33. The lowest BCUT2D eigenvalue weighted by atomic mass is 10.3. The van der Waals surface area contributed by atoms with E-state index in [1.165, 1.54) is 33.9 Å². The first-order valence-electron chi connectivity index (χ1n) is 6.09. The molecule has 0 aliphatic heterocycles. The van der Waals surface area contributed by atoms with Crippen molar-refractivity contribution in [2.45, 2.75) is 13.5 Å². The molecule has 0 unspecified atom stereocenters. The summed E-state index contributed by atoms with van der Waals surface area (Å²) in [7, 11) is 0. The standard InChI is InChI=1S/C14H10BrFN2O2S/c1-8-7-21-14-17-10(5-13(19)18(8)14)6-20-12-3-2-9(15)4-11(12)16/h2-5,7H,6H2,1H3. The smallest absolute Gasteiger partial charge is 0.259 e. The third kappa shape index (κ3) is 2.84. The molecule has 0 saturated carbocycles. The molecule has 3 aromatic rings. The quantitative estimate of drug-likeness (QED) is 0.709. The van der Waals surface area contributed by atoms with Crippen molar-refractivity contribution in [2.24, 2.45) is 0 Å². The summed E-state index contributed by atoms with van der Waals surface area (Å²) < 4.78 is 21.2. The van der Waals surface area contributed by atoms with Crippen LogP contribution in [0.1, 0.15) is 11.4 Å². The van der Waals surface area contributed by atoms with Crippen LogP contribution in [0.2, 0.25) is 0 Å². The van der Waals surface area contributed by atoms with E-state index in [0.29, 0.717) is 15.1 Å². The highest BCUT2D eigenvalue weighted by molar-refractivity contribution is 9.10. The maximum atomic E-state index is 13.6. The lowest BCUT2D eigenvalue weighted by Gasteiger charge is -2.07. The molecule has 0 amide bonds. The van der Waals surface area contributed by atoms with Crippen molar-refractivity contribution in [1.82, 2.24) is 9.38 Å². The average molecular weight is 369 g/mol. The first-order chi connectivity index (χ1) is 10.0. The van der Waals surface area contributed by atoms with Crippen LogP contribution in [-0.2, 0) is 6.61 Å². The Morgan fingerprint density at radius 3 is 3.00 bits per heavy atom. The van der Waals surface area contributed by atoms with Crippen molar-refractivity contribution in [3.8, 4) is 5.75 Å². The zero-order valence-electron chi connectivity index (χ0n) is 11.0. The average Bonchev–Trinajstić information content (AvgIpc) is 2.80. The minimum Gasteiger partial charge on any atom is -0.484 e. The number of fused-ring (bicyclic) bond motifs is 1. The number of hydrogen-bond acceptors (Lipinski definition) is 4. The summed E-state index contributed by atoms with van der Waals surface area (Å²) in [6.07, 6.45) is 0. The van der Waals surface area contributed by atoms with Crippen LogP contribution in [0.4, 0.5) is 4.39 Å². The fourth-order valence-corrected chi connectivity index (χ4v) is 3.14. The van der Waals surface area contributed by atoms with Gasteiger partial charge in [-0.05, 0) is 25.1 Å². The Bertz CT molecular complexity index is 875. The molecule has 0 radical (unpaired) electrons. The van der Waals surface area contributed by atoms with Crippen LogP contribution in [0.25, 0.3) is 4.96 Å². The van der Waals surface area contributed by atoms with Gasteiger partial charge in [0.25, 0.3) is 5.56 Å². The molecule has 1 aromatic carbocycles. The molecular formula is C14H10BrFN2O2S. The van der Waals surface area contributed by atoms with Gasteiger partial charge in [0.2, 0.25) is 0 Å². The van der Waals surface area contributed by atoms with Crippen LogP contribution >= 0.6 is 27.3 Å². The molecular weight excluding hydrogens is 359 g/mol. The highest BCUT2D eigenvalue weighted by Gasteiger charge is 2.09. The molecule has 0 atom stereocenters. The van der Waals surface area contributed by atoms with Gasteiger partial charge in [-0.1, -0.05) is 15.9 Å². The molecule has 2 aromatic heterocycles. The molecule has 0 aliphatic carbocycles. The summed E-state index contributed by atoms with van der Waals surface area (Å²) >= 11 is 4.57. The predicted octanol–water partition coefficient (Wildman–Crippen LogP) is 3.55. The Hall–Kier alpha value is -1.73. The molecule has 2 heterocycles. The lowest BCUT2D eigenvalue weighted by molar-refractivity contribution is 0.286. The van der Waals surface area contributed by atoms with Crippen molar-refractivity contribution in [2.75, 3.05) is 0 Å². The van der Waals surface area contributed by atoms with E-state index in [1.54, 1.807) is 6.07 Å². The Labute approximate surface area is 132 Å². The molecule has 21 heavy (non-hydrogen) atoms. The fourth-order valence-electron chi connectivity index (χ4n) is 1.92. The van der Waals surface area contributed by atoms with Gasteiger partial charge in [-0.3, -0.25) is 9.20 Å². The summed E-state index contributed by atoms with van der Waals surface area (Å²) in [6, 6.07) is 5.94. The first kappa shape index (κ1) is 14.2. The molecule has 0 bridgehead atoms. The second-order valence-corrected chi connectivity index (χ2v) is 6.20. The van der Waals surface area contributed by atoms with Gasteiger partial charge < -0.3 is 4.74 Å². The zero-order chi connectivity index (χ0) is 15.0. The van der Waals surface area contributed by atoms with Gasteiger partial charge in [-0.25, -0.2) is 9.37 Å². The van der Waals surface area contributed by atoms with Gasteiger partial charge in [-0.15, -0.1) is 11.3 Å². The van der Waals surface area contributed by atoms with Crippen molar-refractivity contribution < 1.29 is 9.13 Å². The van der Waals surface area contributed by atoms with Crippen LogP contribution in [0.5, 0.6) is 5.75 Å². The summed E-state index contributed by atoms with van der Waals surface area (Å²) in [5, 5.41) is 1.86. The highest BCUT2D eigenvalue weighted by Crippen LogP contribution is 2.22. The minimum atomic E-state index is -0.464. The monoisotopic (exact) mass is 368 g/mol. The number of thiazole rings is 1. The van der Waals surface area contributed by atoms with Gasteiger partial charge in [0.1, 0.15) is 6.61 Å². The molecule has 4 nitrogen and oxygen atoms in total. The number of hydrogen-bond donors (Lipinski definition) is 0. The predicted molar refractivity (Wildman–Crippen MR) is 82.5 cm³/mol. The number of nitrogens with zero attached hydrogens (tertiary/aromatic N) is 2. The van der Waals surface area contributed by atoms with E-state index in [4.69, 9.17) is 4.74 Å². The Morgan fingerprint density at radius 2 is 2.24 bits per heavy atom. The molecule has 7 heteroatoms. The van der Waals surface area contributed by atoms with E-state index < -0.39 is 5.82 Å². The van der Waals surface area contributed by atoms with Gasteiger partial charge in [-0.2, -0.15) is 0 Å². The normalized spacial score (nSPS) is 11.0. The molecule has 0 spiro atoms. The van der Waals surface area contributed by atoms with E-state index >= 15 is 0 Å². The van der Waals surface area contributed by atoms with E-state index in [-0.39, 0.29) is 17.9 Å². The van der Waals surface area contributed by atoms with Crippen LogP contribution in [0.15, 0.2) is 38.9 Å². The second kappa shape index (κ2) is 5.57. The van der Waals surface area contributed by atoms with Crippen LogP contribution in [0, 0.1) is 12.7 Å². The Kier molecular flexibility index (Phi) is 3.77. The fraction of sp³-hybridized carbons (Fsp3) is 0.143. The van der Waals surface area contributed by atoms with Crippen molar-refractivity contribution in [3.63, 3.8) is 0 Å². The van der Waals surface area contributed by atoms with Gasteiger partial charge in [0.15, 0.2) is 16.5 Å². The SMILES string of the molecule is Cc1csc2nc(COc3ccc(Br)cc3F)cc(=O)n12. The van der Waals surface area contributed by atoms with E-state index in [9.17, 15) is 9.18 Å². The number of benzene rings is 1. The lowest BCUT2D eigenvalue weighted by Crippen LogP contribution is -2.16. The zero-order valence-corrected chi connectivity index (χ0v) is 13.4. The molecule has 0 saturated heterocycles. The molecule has 0 fully saturated rings. The summed E-state index contributed by atoms with van der Waals surface area (Å²) in [6.45, 7) is 1.89. The van der Waals surface area contributed by atoms with Crippen molar-refractivity contribution in [1.29, 1.82) is 0 Å². The molecule has 3 rings (SSSR count). The van der Waals surface area contributed by atoms with Crippen LogP contribution in [-0.4, -0.2) is 9.38 Å². The Balaban J connectivity index is 1.87. The summed E-state index contributed by atoms with van der Waals surface area (Å²) in [4.78, 5) is 16.9. The van der Waals surface area contributed by atoms with E-state index in [0.717, 1.165) is 5.69 Å².